The molecule has 3 N–H and O–H groups in total. The van der Waals surface area contributed by atoms with Crippen LogP contribution < -0.4 is 20.5 Å². The molecule has 1 aliphatic heterocycles. The van der Waals surface area contributed by atoms with E-state index in [2.05, 4.69) is 26.9 Å². The summed E-state index contributed by atoms with van der Waals surface area (Å²) in [7, 11) is 0. The van der Waals surface area contributed by atoms with E-state index in [1.54, 1.807) is 19.1 Å². The zero-order valence-corrected chi connectivity index (χ0v) is 15.4. The molecule has 0 saturated carbocycles. The molecule has 1 heterocycles. The minimum absolute atomic E-state index is 0.0153. The fourth-order valence-electron chi connectivity index (χ4n) is 3.11. The maximum Gasteiger partial charge on any atom is 0.387 e. The van der Waals surface area contributed by atoms with E-state index in [-0.39, 0.29) is 11.5 Å². The van der Waals surface area contributed by atoms with Gasteiger partial charge in [-0.05, 0) is 50.6 Å². The fourth-order valence-corrected chi connectivity index (χ4v) is 3.11. The van der Waals surface area contributed by atoms with Gasteiger partial charge in [0.15, 0.2) is 17.5 Å². The first-order valence-electron chi connectivity index (χ1n) is 9.01. The normalized spacial score (nSPS) is 18.3. The summed E-state index contributed by atoms with van der Waals surface area (Å²) in [6, 6.07) is 5.27. The number of nitrogens with two attached hydrogens (primary N) is 1. The van der Waals surface area contributed by atoms with E-state index < -0.39 is 6.61 Å². The van der Waals surface area contributed by atoms with Crippen LogP contribution in [0.3, 0.4) is 0 Å². The molecule has 1 aromatic rings. The average molecular weight is 370 g/mol. The lowest BCUT2D eigenvalue weighted by Crippen LogP contribution is -2.42. The maximum absolute atomic E-state index is 12.4. The molecule has 0 aromatic heterocycles. The summed E-state index contributed by atoms with van der Waals surface area (Å²) in [4.78, 5) is 6.75. The SMILES string of the molecule is CCOc1cc(CN=C(N)NCC2CCCN2CC)ccc1OC(F)F. The molecule has 146 valence electrons. The van der Waals surface area contributed by atoms with Gasteiger partial charge >= 0.3 is 6.61 Å². The standard InChI is InChI=1S/C18H28F2N4O2/c1-3-24-9-5-6-14(24)12-23-18(21)22-11-13-7-8-15(26-17(19)20)16(10-13)25-4-2/h7-8,10,14,17H,3-6,9,11-12H2,1-2H3,(H3,21,22,23). The number of likely N-dealkylation sites (N-methyl/N-ethyl adjacent to an activating group) is 1. The van der Waals surface area contributed by atoms with Gasteiger partial charge in [0.2, 0.25) is 0 Å². The highest BCUT2D eigenvalue weighted by Crippen LogP contribution is 2.30. The van der Waals surface area contributed by atoms with Crippen molar-refractivity contribution in [2.24, 2.45) is 10.7 Å². The Hall–Kier alpha value is -2.09. The number of rotatable bonds is 9. The number of nitrogens with zero attached hydrogens (tertiary/aromatic N) is 2. The molecular formula is C18H28F2N4O2. The molecule has 1 saturated heterocycles. The highest BCUT2D eigenvalue weighted by molar-refractivity contribution is 5.77. The van der Waals surface area contributed by atoms with Gasteiger partial charge in [0.25, 0.3) is 0 Å². The molecule has 1 unspecified atom stereocenters. The van der Waals surface area contributed by atoms with Crippen molar-refractivity contribution in [1.82, 2.24) is 10.2 Å². The van der Waals surface area contributed by atoms with Gasteiger partial charge in [-0.25, -0.2) is 4.99 Å². The second kappa shape index (κ2) is 10.2. The van der Waals surface area contributed by atoms with Crippen LogP contribution in [0.15, 0.2) is 23.2 Å². The van der Waals surface area contributed by atoms with Crippen LogP contribution in [0.25, 0.3) is 0 Å². The number of ether oxygens (including phenoxy) is 2. The Kier molecular flexibility index (Phi) is 7.90. The van der Waals surface area contributed by atoms with Crippen LogP contribution in [0.5, 0.6) is 11.5 Å². The zero-order chi connectivity index (χ0) is 18.9. The molecule has 8 heteroatoms. The van der Waals surface area contributed by atoms with E-state index in [1.165, 1.54) is 12.5 Å². The Morgan fingerprint density at radius 2 is 2.19 bits per heavy atom. The summed E-state index contributed by atoms with van der Waals surface area (Å²) in [5.41, 5.74) is 6.75. The van der Waals surface area contributed by atoms with E-state index >= 15 is 0 Å². The van der Waals surface area contributed by atoms with Crippen LogP contribution >= 0.6 is 0 Å². The Bertz CT molecular complexity index is 599. The summed E-state index contributed by atoms with van der Waals surface area (Å²) in [5.74, 6) is 0.664. The van der Waals surface area contributed by atoms with E-state index in [0.717, 1.165) is 31.6 Å². The quantitative estimate of drug-likeness (QED) is 0.516. The molecule has 1 aliphatic rings. The minimum Gasteiger partial charge on any atom is -0.490 e. The molecule has 0 bridgehead atoms. The first kappa shape index (κ1) is 20.2. The van der Waals surface area contributed by atoms with Crippen LogP contribution in [-0.4, -0.2) is 49.8 Å². The number of benzene rings is 1. The molecule has 1 atom stereocenters. The molecule has 6 nitrogen and oxygen atoms in total. The summed E-state index contributed by atoms with van der Waals surface area (Å²) < 4.78 is 34.7. The molecule has 2 rings (SSSR count). The van der Waals surface area contributed by atoms with Gasteiger partial charge < -0.3 is 20.5 Å². The van der Waals surface area contributed by atoms with E-state index in [1.807, 2.05) is 0 Å². The summed E-state index contributed by atoms with van der Waals surface area (Å²) in [6.07, 6.45) is 2.38. The third kappa shape index (κ3) is 6.01. The van der Waals surface area contributed by atoms with E-state index in [0.29, 0.717) is 25.2 Å². The minimum atomic E-state index is -2.89. The lowest BCUT2D eigenvalue weighted by molar-refractivity contribution is -0.0514. The number of halogens is 2. The Morgan fingerprint density at radius 1 is 1.38 bits per heavy atom. The van der Waals surface area contributed by atoms with Crippen LogP contribution in [0.4, 0.5) is 8.78 Å². The van der Waals surface area contributed by atoms with Gasteiger partial charge in [-0.2, -0.15) is 8.78 Å². The van der Waals surface area contributed by atoms with Crippen molar-refractivity contribution >= 4 is 5.96 Å². The summed E-state index contributed by atoms with van der Waals surface area (Å²) in [5, 5.41) is 3.17. The van der Waals surface area contributed by atoms with Crippen molar-refractivity contribution in [2.45, 2.75) is 45.9 Å². The van der Waals surface area contributed by atoms with Crippen molar-refractivity contribution in [3.05, 3.63) is 23.8 Å². The van der Waals surface area contributed by atoms with Crippen molar-refractivity contribution < 1.29 is 18.3 Å². The second-order valence-electron chi connectivity index (χ2n) is 6.10. The van der Waals surface area contributed by atoms with Gasteiger partial charge in [-0.3, -0.25) is 4.90 Å². The highest BCUT2D eigenvalue weighted by Gasteiger charge is 2.22. The monoisotopic (exact) mass is 370 g/mol. The lowest BCUT2D eigenvalue weighted by Gasteiger charge is -2.23. The maximum atomic E-state index is 12.4. The number of guanidine groups is 1. The average Bonchev–Trinajstić information content (AvgIpc) is 3.07. The number of nitrogens with one attached hydrogen (secondary N) is 1. The smallest absolute Gasteiger partial charge is 0.387 e. The first-order valence-corrected chi connectivity index (χ1v) is 9.01. The zero-order valence-electron chi connectivity index (χ0n) is 15.4. The van der Waals surface area contributed by atoms with Gasteiger partial charge in [0.05, 0.1) is 13.2 Å². The van der Waals surface area contributed by atoms with Gasteiger partial charge in [0, 0.05) is 12.6 Å². The largest absolute Gasteiger partial charge is 0.490 e. The molecule has 0 amide bonds. The van der Waals surface area contributed by atoms with Crippen LogP contribution in [0, 0.1) is 0 Å². The summed E-state index contributed by atoms with van der Waals surface area (Å²) >= 11 is 0. The first-order chi connectivity index (χ1) is 12.5. The van der Waals surface area contributed by atoms with Crippen molar-refractivity contribution in [3.8, 4) is 11.5 Å². The topological polar surface area (TPSA) is 72.1 Å². The third-order valence-corrected chi connectivity index (χ3v) is 4.38. The molecule has 0 spiro atoms. The predicted molar refractivity (Wildman–Crippen MR) is 97.8 cm³/mol. The molecule has 1 fully saturated rings. The summed E-state index contributed by atoms with van der Waals surface area (Å²) in [6.45, 7) is 4.67. The van der Waals surface area contributed by atoms with Crippen LogP contribution in [0.2, 0.25) is 0 Å². The molecule has 0 radical (unpaired) electrons. The molecule has 0 aliphatic carbocycles. The Balaban J connectivity index is 1.92. The lowest BCUT2D eigenvalue weighted by atomic mass is 10.2. The molecular weight excluding hydrogens is 342 g/mol. The fraction of sp³-hybridized carbons (Fsp3) is 0.611. The number of alkyl halides is 2. The Morgan fingerprint density at radius 3 is 2.88 bits per heavy atom. The molecule has 1 aromatic carbocycles. The van der Waals surface area contributed by atoms with Gasteiger partial charge in [0.1, 0.15) is 0 Å². The molecule has 26 heavy (non-hydrogen) atoms. The predicted octanol–water partition coefficient (Wildman–Crippen LogP) is 2.58. The van der Waals surface area contributed by atoms with E-state index in [4.69, 9.17) is 10.5 Å². The second-order valence-corrected chi connectivity index (χ2v) is 6.10. The number of hydrogen-bond donors (Lipinski definition) is 2. The van der Waals surface area contributed by atoms with Crippen molar-refractivity contribution in [3.63, 3.8) is 0 Å². The number of hydrogen-bond acceptors (Lipinski definition) is 4. The Labute approximate surface area is 153 Å². The van der Waals surface area contributed by atoms with Crippen molar-refractivity contribution in [1.29, 1.82) is 0 Å². The van der Waals surface area contributed by atoms with Crippen LogP contribution in [0.1, 0.15) is 32.3 Å². The number of aliphatic imine (C=N–C) groups is 1. The van der Waals surface area contributed by atoms with Gasteiger partial charge in [-0.15, -0.1) is 0 Å². The third-order valence-electron chi connectivity index (χ3n) is 4.38. The van der Waals surface area contributed by atoms with Crippen LogP contribution in [-0.2, 0) is 6.54 Å². The highest BCUT2D eigenvalue weighted by atomic mass is 19.3. The number of likely N-dealkylation sites (tertiary alicyclic amines) is 1. The van der Waals surface area contributed by atoms with E-state index in [9.17, 15) is 8.78 Å². The van der Waals surface area contributed by atoms with Crippen molar-refractivity contribution in [2.75, 3.05) is 26.2 Å². The van der Waals surface area contributed by atoms with Gasteiger partial charge in [-0.1, -0.05) is 13.0 Å².